The van der Waals surface area contributed by atoms with Crippen molar-refractivity contribution in [2.45, 2.75) is 39.8 Å². The largest absolute Gasteiger partial charge is 0.352 e. The van der Waals surface area contributed by atoms with Crippen LogP contribution in [0.4, 0.5) is 4.79 Å². The van der Waals surface area contributed by atoms with Crippen LogP contribution in [-0.2, 0) is 11.3 Å². The van der Waals surface area contributed by atoms with Gasteiger partial charge in [-0.2, -0.15) is 0 Å². The lowest BCUT2D eigenvalue weighted by molar-refractivity contribution is -0.117. The molecule has 1 aliphatic heterocycles. The van der Waals surface area contributed by atoms with Gasteiger partial charge in [0.15, 0.2) is 0 Å². The lowest BCUT2D eigenvalue weighted by atomic mass is 10.0. The fourth-order valence-electron chi connectivity index (χ4n) is 2.68. The Morgan fingerprint density at radius 1 is 1.30 bits per heavy atom. The van der Waals surface area contributed by atoms with E-state index in [9.17, 15) is 14.4 Å². The molecule has 2 rings (SSSR count). The highest BCUT2D eigenvalue weighted by Crippen LogP contribution is 2.11. The second-order valence-electron chi connectivity index (χ2n) is 5.63. The molecule has 1 aromatic heterocycles. The second kappa shape index (κ2) is 7.13. The molecule has 0 saturated heterocycles. The van der Waals surface area contributed by atoms with Gasteiger partial charge in [-0.3, -0.25) is 9.59 Å². The maximum Gasteiger partial charge on any atom is 0.319 e. The van der Waals surface area contributed by atoms with Gasteiger partial charge in [0, 0.05) is 30.5 Å². The first-order chi connectivity index (χ1) is 10.9. The van der Waals surface area contributed by atoms with Gasteiger partial charge in [0.1, 0.15) is 0 Å². The van der Waals surface area contributed by atoms with Crippen LogP contribution in [0.15, 0.2) is 34.3 Å². The van der Waals surface area contributed by atoms with Crippen molar-refractivity contribution in [2.24, 2.45) is 0 Å². The Morgan fingerprint density at radius 3 is 2.70 bits per heavy atom. The molecule has 3 N–H and O–H groups in total. The number of carbonyl (C=O) groups excluding carboxylic acids is 2. The fourth-order valence-corrected chi connectivity index (χ4v) is 2.68. The first kappa shape index (κ1) is 16.8. The van der Waals surface area contributed by atoms with E-state index < -0.39 is 0 Å². The lowest BCUT2D eigenvalue weighted by Gasteiger charge is -2.25. The molecule has 2 heterocycles. The van der Waals surface area contributed by atoms with Gasteiger partial charge >= 0.3 is 6.03 Å². The topological polar surface area (TPSA) is 92.2 Å². The Bertz CT molecular complexity index is 706. The highest BCUT2D eigenvalue weighted by atomic mass is 16.2. The Hall–Kier alpha value is -2.57. The molecule has 0 aromatic carbocycles. The quantitative estimate of drug-likeness (QED) is 0.696. The highest BCUT2D eigenvalue weighted by molar-refractivity contribution is 5.98. The van der Waals surface area contributed by atoms with Gasteiger partial charge < -0.3 is 20.5 Å². The van der Waals surface area contributed by atoms with Crippen molar-refractivity contribution in [2.75, 3.05) is 6.54 Å². The summed E-state index contributed by atoms with van der Waals surface area (Å²) in [6.45, 7) is 6.36. The molecule has 1 atom stereocenters. The van der Waals surface area contributed by atoms with E-state index in [1.165, 1.54) is 6.07 Å². The first-order valence-electron chi connectivity index (χ1n) is 7.63. The Balaban J connectivity index is 1.89. The van der Waals surface area contributed by atoms with E-state index in [2.05, 4.69) is 16.0 Å². The van der Waals surface area contributed by atoms with Crippen molar-refractivity contribution < 1.29 is 9.59 Å². The van der Waals surface area contributed by atoms with Gasteiger partial charge in [-0.05, 0) is 33.3 Å². The molecule has 1 aromatic rings. The van der Waals surface area contributed by atoms with Crippen molar-refractivity contribution in [3.8, 4) is 0 Å². The number of hydrogen-bond donors (Lipinski definition) is 3. The van der Waals surface area contributed by atoms with Crippen LogP contribution in [0.1, 0.15) is 26.0 Å². The lowest BCUT2D eigenvalue weighted by Crippen LogP contribution is -2.50. The molecule has 0 unspecified atom stereocenters. The molecule has 0 bridgehead atoms. The zero-order valence-electron chi connectivity index (χ0n) is 13.6. The van der Waals surface area contributed by atoms with Gasteiger partial charge in [0.2, 0.25) is 0 Å². The normalized spacial score (nSPS) is 17.5. The first-order valence-corrected chi connectivity index (χ1v) is 7.63. The molecular formula is C16H22N4O3. The number of aryl methyl sites for hydroxylation is 1. The summed E-state index contributed by atoms with van der Waals surface area (Å²) in [6, 6.07) is 4.51. The number of urea groups is 1. The van der Waals surface area contributed by atoms with E-state index in [4.69, 9.17) is 0 Å². The van der Waals surface area contributed by atoms with Gasteiger partial charge in [-0.15, -0.1) is 0 Å². The minimum absolute atomic E-state index is 0.0392. The summed E-state index contributed by atoms with van der Waals surface area (Å²) in [5, 5.41) is 8.09. The van der Waals surface area contributed by atoms with Crippen LogP contribution in [0.25, 0.3) is 0 Å². The molecule has 7 heteroatoms. The van der Waals surface area contributed by atoms with E-state index in [-0.39, 0.29) is 23.5 Å². The van der Waals surface area contributed by atoms with Crippen molar-refractivity contribution in [3.63, 3.8) is 0 Å². The number of rotatable bonds is 5. The molecule has 23 heavy (non-hydrogen) atoms. The van der Waals surface area contributed by atoms with E-state index in [0.717, 1.165) is 5.69 Å². The van der Waals surface area contributed by atoms with Crippen LogP contribution < -0.4 is 21.5 Å². The van der Waals surface area contributed by atoms with Crippen LogP contribution in [-0.4, -0.2) is 29.1 Å². The summed E-state index contributed by atoms with van der Waals surface area (Å²) >= 11 is 0. The molecule has 0 fully saturated rings. The molecular weight excluding hydrogens is 296 g/mol. The summed E-state index contributed by atoms with van der Waals surface area (Å²) in [5.41, 5.74) is 1.95. The molecule has 0 saturated carbocycles. The summed E-state index contributed by atoms with van der Waals surface area (Å²) < 4.78 is 1.68. The van der Waals surface area contributed by atoms with Crippen LogP contribution in [0.2, 0.25) is 0 Å². The Morgan fingerprint density at radius 2 is 2.04 bits per heavy atom. The van der Waals surface area contributed by atoms with Crippen molar-refractivity contribution in [1.29, 1.82) is 0 Å². The van der Waals surface area contributed by atoms with Crippen molar-refractivity contribution >= 4 is 11.9 Å². The third-order valence-electron chi connectivity index (χ3n) is 3.84. The second-order valence-corrected chi connectivity index (χ2v) is 5.63. The standard InChI is InChI=1S/C16H22N4O3/c1-10-6-4-7-13(21)20(10)9-5-8-17-15(22)14-11(2)18-16(23)19-12(14)3/h4,6-7,11H,5,8-9H2,1-3H3,(H,17,22)(H2,18,19,23)/t11-/m0/s1. The summed E-state index contributed by atoms with van der Waals surface area (Å²) in [4.78, 5) is 35.3. The van der Waals surface area contributed by atoms with Crippen LogP contribution in [0.3, 0.4) is 0 Å². The maximum absolute atomic E-state index is 12.2. The Kier molecular flexibility index (Phi) is 5.20. The number of nitrogens with one attached hydrogen (secondary N) is 3. The predicted octanol–water partition coefficient (Wildman–Crippen LogP) is 0.638. The number of nitrogens with zero attached hydrogens (tertiary/aromatic N) is 1. The number of carbonyl (C=O) groups is 2. The fraction of sp³-hybridized carbons (Fsp3) is 0.438. The van der Waals surface area contributed by atoms with Crippen LogP contribution in [0, 0.1) is 6.92 Å². The van der Waals surface area contributed by atoms with Crippen molar-refractivity contribution in [3.05, 3.63) is 45.5 Å². The SMILES string of the molecule is CC1=C(C(=O)NCCCn2c(C)cccc2=O)[C@H](C)NC(=O)N1. The molecule has 3 amide bonds. The molecule has 7 nitrogen and oxygen atoms in total. The number of hydrogen-bond acceptors (Lipinski definition) is 3. The molecule has 124 valence electrons. The van der Waals surface area contributed by atoms with Gasteiger partial charge in [0.25, 0.3) is 11.5 Å². The minimum Gasteiger partial charge on any atom is -0.352 e. The molecule has 1 aliphatic rings. The van der Waals surface area contributed by atoms with Crippen LogP contribution in [0.5, 0.6) is 0 Å². The predicted molar refractivity (Wildman–Crippen MR) is 86.9 cm³/mol. The van der Waals surface area contributed by atoms with Gasteiger partial charge in [-0.1, -0.05) is 6.07 Å². The van der Waals surface area contributed by atoms with E-state index in [0.29, 0.717) is 30.8 Å². The monoisotopic (exact) mass is 318 g/mol. The number of allylic oxidation sites excluding steroid dienone is 1. The van der Waals surface area contributed by atoms with Crippen molar-refractivity contribution in [1.82, 2.24) is 20.5 Å². The molecule has 0 spiro atoms. The molecule has 0 aliphatic carbocycles. The zero-order valence-corrected chi connectivity index (χ0v) is 13.6. The Labute approximate surface area is 134 Å². The maximum atomic E-state index is 12.2. The van der Waals surface area contributed by atoms with Gasteiger partial charge in [0.05, 0.1) is 11.6 Å². The number of amides is 3. The van der Waals surface area contributed by atoms with E-state index in [1.807, 2.05) is 13.0 Å². The average Bonchev–Trinajstić information content (AvgIpc) is 2.44. The van der Waals surface area contributed by atoms with Gasteiger partial charge in [-0.25, -0.2) is 4.79 Å². The summed E-state index contributed by atoms with van der Waals surface area (Å²) in [5.74, 6) is -0.209. The number of aromatic nitrogens is 1. The highest BCUT2D eigenvalue weighted by Gasteiger charge is 2.26. The molecule has 0 radical (unpaired) electrons. The van der Waals surface area contributed by atoms with Crippen LogP contribution >= 0.6 is 0 Å². The summed E-state index contributed by atoms with van der Waals surface area (Å²) in [6.07, 6.45) is 0.650. The minimum atomic E-state index is -0.331. The average molecular weight is 318 g/mol. The van der Waals surface area contributed by atoms with E-state index in [1.54, 1.807) is 24.5 Å². The van der Waals surface area contributed by atoms with E-state index >= 15 is 0 Å². The zero-order chi connectivity index (χ0) is 17.0. The smallest absolute Gasteiger partial charge is 0.319 e. The summed E-state index contributed by atoms with van der Waals surface area (Å²) in [7, 11) is 0. The third-order valence-corrected chi connectivity index (χ3v) is 3.84. The third kappa shape index (κ3) is 4.00. The number of pyridine rings is 1.